The van der Waals surface area contributed by atoms with E-state index in [0.29, 0.717) is 27.7 Å². The molecular formula is C33H33Cl2N3O4S. The number of rotatable bonds is 12. The number of carbonyl (C=O) groups is 2. The molecule has 7 nitrogen and oxygen atoms in total. The van der Waals surface area contributed by atoms with E-state index >= 15 is 0 Å². The summed E-state index contributed by atoms with van der Waals surface area (Å²) >= 11 is 12.7. The number of hydrogen-bond acceptors (Lipinski definition) is 4. The first kappa shape index (κ1) is 32.1. The Kier molecular flexibility index (Phi) is 10.9. The monoisotopic (exact) mass is 637 g/mol. The van der Waals surface area contributed by atoms with E-state index < -0.39 is 28.5 Å². The van der Waals surface area contributed by atoms with Gasteiger partial charge in [-0.3, -0.25) is 13.9 Å². The van der Waals surface area contributed by atoms with Gasteiger partial charge in [0.05, 0.1) is 10.6 Å². The van der Waals surface area contributed by atoms with Gasteiger partial charge < -0.3 is 10.2 Å². The van der Waals surface area contributed by atoms with E-state index in [1.807, 2.05) is 36.4 Å². The van der Waals surface area contributed by atoms with E-state index in [1.54, 1.807) is 68.4 Å². The first-order chi connectivity index (χ1) is 20.6. The van der Waals surface area contributed by atoms with E-state index in [2.05, 4.69) is 5.32 Å². The van der Waals surface area contributed by atoms with Crippen LogP contribution < -0.4 is 9.62 Å². The van der Waals surface area contributed by atoms with Crippen LogP contribution in [-0.2, 0) is 32.6 Å². The van der Waals surface area contributed by atoms with Crippen LogP contribution in [0.15, 0.2) is 108 Å². The summed E-state index contributed by atoms with van der Waals surface area (Å²) in [4.78, 5) is 29.4. The second-order valence-corrected chi connectivity index (χ2v) is 12.7. The number of amides is 2. The number of benzene rings is 4. The van der Waals surface area contributed by atoms with Crippen molar-refractivity contribution in [3.63, 3.8) is 0 Å². The molecule has 0 radical (unpaired) electrons. The molecule has 0 bridgehead atoms. The molecule has 0 saturated heterocycles. The third-order valence-electron chi connectivity index (χ3n) is 6.98. The Hall–Kier alpha value is -3.85. The molecule has 0 aliphatic heterocycles. The van der Waals surface area contributed by atoms with Gasteiger partial charge in [0, 0.05) is 29.6 Å². The van der Waals surface area contributed by atoms with Crippen LogP contribution in [0.3, 0.4) is 0 Å². The van der Waals surface area contributed by atoms with Crippen LogP contribution in [0.25, 0.3) is 0 Å². The van der Waals surface area contributed by atoms with Crippen molar-refractivity contribution in [1.29, 1.82) is 0 Å². The Morgan fingerprint density at radius 1 is 0.837 bits per heavy atom. The molecule has 4 aromatic carbocycles. The van der Waals surface area contributed by atoms with Crippen LogP contribution in [0.4, 0.5) is 5.69 Å². The summed E-state index contributed by atoms with van der Waals surface area (Å²) in [5.74, 6) is -0.913. The standard InChI is InChI=1S/C33H33Cl2N3O4S/c1-3-36-33(40)31(21-25-12-6-4-7-13-25)37(22-26-14-10-15-27(34)20-26)32(39)23-38(30-19-11-18-29(35)24(30)2)43(41,42)28-16-8-5-9-17-28/h4-20,31H,3,21-23H2,1-2H3,(H,36,40). The predicted molar refractivity (Wildman–Crippen MR) is 172 cm³/mol. The third-order valence-corrected chi connectivity index (χ3v) is 9.40. The fourth-order valence-corrected chi connectivity index (χ4v) is 6.65. The summed E-state index contributed by atoms with van der Waals surface area (Å²) in [6.45, 7) is 3.33. The van der Waals surface area contributed by atoms with Gasteiger partial charge in [-0.05, 0) is 66.9 Å². The Balaban J connectivity index is 1.82. The zero-order valence-corrected chi connectivity index (χ0v) is 26.2. The van der Waals surface area contributed by atoms with Gasteiger partial charge in [0.1, 0.15) is 12.6 Å². The van der Waals surface area contributed by atoms with Crippen LogP contribution in [-0.4, -0.2) is 44.3 Å². The number of nitrogens with zero attached hydrogens (tertiary/aromatic N) is 2. The first-order valence-corrected chi connectivity index (χ1v) is 16.0. The number of nitrogens with one attached hydrogen (secondary N) is 1. The van der Waals surface area contributed by atoms with Gasteiger partial charge in [0.2, 0.25) is 11.8 Å². The lowest BCUT2D eigenvalue weighted by Crippen LogP contribution is -2.53. The number of sulfonamides is 1. The molecule has 0 heterocycles. The van der Waals surface area contributed by atoms with Crippen molar-refractivity contribution in [2.45, 2.75) is 37.8 Å². The van der Waals surface area contributed by atoms with Gasteiger partial charge in [0.15, 0.2) is 0 Å². The van der Waals surface area contributed by atoms with Crippen molar-refractivity contribution < 1.29 is 18.0 Å². The van der Waals surface area contributed by atoms with E-state index in [4.69, 9.17) is 23.2 Å². The maximum absolute atomic E-state index is 14.4. The lowest BCUT2D eigenvalue weighted by Gasteiger charge is -2.34. The maximum atomic E-state index is 14.4. The Morgan fingerprint density at radius 2 is 1.47 bits per heavy atom. The molecule has 0 spiro atoms. The van der Waals surface area contributed by atoms with Crippen LogP contribution in [0.2, 0.25) is 10.0 Å². The van der Waals surface area contributed by atoms with Gasteiger partial charge in [-0.15, -0.1) is 0 Å². The molecule has 0 saturated carbocycles. The molecule has 0 aliphatic carbocycles. The number of hydrogen-bond donors (Lipinski definition) is 1. The van der Waals surface area contributed by atoms with Crippen LogP contribution in [0.5, 0.6) is 0 Å². The molecule has 2 amide bonds. The average molecular weight is 639 g/mol. The molecule has 224 valence electrons. The van der Waals surface area contributed by atoms with Crippen LogP contribution in [0.1, 0.15) is 23.6 Å². The van der Waals surface area contributed by atoms with Crippen molar-refractivity contribution >= 4 is 50.7 Å². The van der Waals surface area contributed by atoms with E-state index in [-0.39, 0.29) is 29.5 Å². The topological polar surface area (TPSA) is 86.8 Å². The molecule has 4 aromatic rings. The molecule has 10 heteroatoms. The van der Waals surface area contributed by atoms with E-state index in [9.17, 15) is 18.0 Å². The quantitative estimate of drug-likeness (QED) is 0.198. The van der Waals surface area contributed by atoms with E-state index in [1.165, 1.54) is 17.0 Å². The second-order valence-electron chi connectivity index (χ2n) is 9.96. The Labute approximate surface area is 263 Å². The molecular weight excluding hydrogens is 605 g/mol. The highest BCUT2D eigenvalue weighted by Crippen LogP contribution is 2.31. The fraction of sp³-hybridized carbons (Fsp3) is 0.212. The molecule has 1 atom stereocenters. The maximum Gasteiger partial charge on any atom is 0.264 e. The first-order valence-electron chi connectivity index (χ1n) is 13.8. The Bertz CT molecular complexity index is 1670. The summed E-state index contributed by atoms with van der Waals surface area (Å²) in [5.41, 5.74) is 2.31. The van der Waals surface area contributed by atoms with Crippen molar-refractivity contribution in [2.24, 2.45) is 0 Å². The number of likely N-dealkylation sites (N-methyl/N-ethyl adjacent to an activating group) is 1. The molecule has 0 aromatic heterocycles. The molecule has 0 aliphatic rings. The average Bonchev–Trinajstić information content (AvgIpc) is 3.00. The van der Waals surface area contributed by atoms with Gasteiger partial charge in [0.25, 0.3) is 10.0 Å². The second kappa shape index (κ2) is 14.6. The SMILES string of the molecule is CCNC(=O)C(Cc1ccccc1)N(Cc1cccc(Cl)c1)C(=O)CN(c1cccc(Cl)c1C)S(=O)(=O)c1ccccc1. The summed E-state index contributed by atoms with van der Waals surface area (Å²) < 4.78 is 29.2. The highest BCUT2D eigenvalue weighted by atomic mass is 35.5. The lowest BCUT2D eigenvalue weighted by molar-refractivity contribution is -0.140. The third kappa shape index (κ3) is 7.96. The summed E-state index contributed by atoms with van der Waals surface area (Å²) in [6, 6.07) is 28.3. The summed E-state index contributed by atoms with van der Waals surface area (Å²) in [7, 11) is -4.21. The van der Waals surface area contributed by atoms with Gasteiger partial charge in [-0.1, -0.05) is 89.9 Å². The molecule has 1 unspecified atom stereocenters. The number of carbonyl (C=O) groups excluding carboxylic acids is 2. The summed E-state index contributed by atoms with van der Waals surface area (Å²) in [5, 5.41) is 3.68. The molecule has 4 rings (SSSR count). The Morgan fingerprint density at radius 3 is 2.12 bits per heavy atom. The van der Waals surface area contributed by atoms with Crippen molar-refractivity contribution in [1.82, 2.24) is 10.2 Å². The van der Waals surface area contributed by atoms with Crippen LogP contribution >= 0.6 is 23.2 Å². The predicted octanol–water partition coefficient (Wildman–Crippen LogP) is 6.27. The van der Waals surface area contributed by atoms with Crippen LogP contribution in [0, 0.1) is 6.92 Å². The normalized spacial score (nSPS) is 11.9. The molecule has 43 heavy (non-hydrogen) atoms. The highest BCUT2D eigenvalue weighted by Gasteiger charge is 2.35. The zero-order valence-electron chi connectivity index (χ0n) is 23.9. The van der Waals surface area contributed by atoms with E-state index in [0.717, 1.165) is 9.87 Å². The largest absolute Gasteiger partial charge is 0.355 e. The number of anilines is 1. The molecule has 1 N–H and O–H groups in total. The number of halogens is 2. The highest BCUT2D eigenvalue weighted by molar-refractivity contribution is 7.92. The molecule has 0 fully saturated rings. The minimum absolute atomic E-state index is 0.0214. The van der Waals surface area contributed by atoms with Crippen molar-refractivity contribution in [3.8, 4) is 0 Å². The zero-order chi connectivity index (χ0) is 31.0. The minimum Gasteiger partial charge on any atom is -0.355 e. The van der Waals surface area contributed by atoms with Gasteiger partial charge >= 0.3 is 0 Å². The summed E-state index contributed by atoms with van der Waals surface area (Å²) in [6.07, 6.45) is 0.223. The lowest BCUT2D eigenvalue weighted by atomic mass is 10.0. The smallest absolute Gasteiger partial charge is 0.264 e. The van der Waals surface area contributed by atoms with Crippen molar-refractivity contribution in [3.05, 3.63) is 130 Å². The van der Waals surface area contributed by atoms with Crippen molar-refractivity contribution in [2.75, 3.05) is 17.4 Å². The fourth-order valence-electron chi connectivity index (χ4n) is 4.78. The van der Waals surface area contributed by atoms with Gasteiger partial charge in [-0.2, -0.15) is 0 Å². The van der Waals surface area contributed by atoms with Gasteiger partial charge in [-0.25, -0.2) is 8.42 Å². The minimum atomic E-state index is -4.21.